The van der Waals surface area contributed by atoms with E-state index < -0.39 is 15.8 Å². The normalized spacial score (nSPS) is 20.0. The summed E-state index contributed by atoms with van der Waals surface area (Å²) in [5.41, 5.74) is 0.583. The second-order valence-electron chi connectivity index (χ2n) is 5.18. The highest BCUT2D eigenvalue weighted by Gasteiger charge is 2.34. The zero-order valence-corrected chi connectivity index (χ0v) is 12.3. The number of nitrogens with zero attached hydrogens (tertiary/aromatic N) is 3. The molecule has 8 heteroatoms. The fourth-order valence-electron chi connectivity index (χ4n) is 2.58. The van der Waals surface area contributed by atoms with Crippen molar-refractivity contribution in [1.82, 2.24) is 19.5 Å². The molecule has 0 amide bonds. The monoisotopic (exact) mass is 310 g/mol. The Kier molecular flexibility index (Phi) is 3.50. The number of aromatic amines is 1. The van der Waals surface area contributed by atoms with Crippen LogP contribution in [0.4, 0.5) is 4.39 Å². The summed E-state index contributed by atoms with van der Waals surface area (Å²) in [7, 11) is -3.68. The van der Waals surface area contributed by atoms with Crippen molar-refractivity contribution in [1.29, 1.82) is 0 Å². The van der Waals surface area contributed by atoms with Crippen LogP contribution in [0.3, 0.4) is 0 Å². The summed E-state index contributed by atoms with van der Waals surface area (Å²) in [5, 5.41) is 6.55. The highest BCUT2D eigenvalue weighted by molar-refractivity contribution is 7.89. The van der Waals surface area contributed by atoms with Crippen molar-refractivity contribution in [2.75, 3.05) is 13.1 Å². The van der Waals surface area contributed by atoms with Crippen molar-refractivity contribution < 1.29 is 12.8 Å². The van der Waals surface area contributed by atoms with E-state index in [1.807, 2.05) is 0 Å². The number of halogens is 1. The number of hydrogen-bond donors (Lipinski definition) is 1. The minimum absolute atomic E-state index is 0.00165. The molecule has 0 spiro atoms. The van der Waals surface area contributed by atoms with E-state index in [1.54, 1.807) is 6.92 Å². The summed E-state index contributed by atoms with van der Waals surface area (Å²) < 4.78 is 39.9. The summed E-state index contributed by atoms with van der Waals surface area (Å²) in [5.74, 6) is 0.139. The maximum absolute atomic E-state index is 13.4. The molecule has 0 bridgehead atoms. The van der Waals surface area contributed by atoms with E-state index in [0.29, 0.717) is 30.9 Å². The SMILES string of the molecule is Cc1cc(F)cc(S(=O)(=O)N2CC[C@H](c3ncn[nH]3)C2)c1. The molecule has 112 valence electrons. The number of benzene rings is 1. The predicted molar refractivity (Wildman–Crippen MR) is 73.6 cm³/mol. The molecule has 0 saturated carbocycles. The summed E-state index contributed by atoms with van der Waals surface area (Å²) in [6, 6.07) is 3.85. The van der Waals surface area contributed by atoms with Crippen LogP contribution in [0.2, 0.25) is 0 Å². The van der Waals surface area contributed by atoms with Gasteiger partial charge in [-0.1, -0.05) is 0 Å². The zero-order valence-electron chi connectivity index (χ0n) is 11.5. The maximum Gasteiger partial charge on any atom is 0.243 e. The Morgan fingerprint density at radius 3 is 2.86 bits per heavy atom. The van der Waals surface area contributed by atoms with Crippen LogP contribution in [0.15, 0.2) is 29.4 Å². The van der Waals surface area contributed by atoms with Gasteiger partial charge in [-0.2, -0.15) is 9.40 Å². The van der Waals surface area contributed by atoms with E-state index in [4.69, 9.17) is 0 Å². The van der Waals surface area contributed by atoms with Gasteiger partial charge in [-0.25, -0.2) is 17.8 Å². The average molecular weight is 310 g/mol. The number of aromatic nitrogens is 3. The Balaban J connectivity index is 1.86. The molecule has 1 N–H and O–H groups in total. The molecule has 1 atom stereocenters. The topological polar surface area (TPSA) is 79.0 Å². The minimum atomic E-state index is -3.68. The molecule has 1 fully saturated rings. The standard InChI is InChI=1S/C13H15FN4O2S/c1-9-4-11(14)6-12(5-9)21(19,20)18-3-2-10(7-18)13-15-8-16-17-13/h4-6,8,10H,2-3,7H2,1H3,(H,15,16,17)/t10-/m0/s1. The molecule has 1 saturated heterocycles. The van der Waals surface area contributed by atoms with Gasteiger partial charge in [-0.05, 0) is 37.1 Å². The molecule has 0 aliphatic carbocycles. The lowest BCUT2D eigenvalue weighted by Gasteiger charge is -2.16. The van der Waals surface area contributed by atoms with E-state index in [0.717, 1.165) is 6.07 Å². The van der Waals surface area contributed by atoms with Gasteiger partial charge in [0.25, 0.3) is 0 Å². The van der Waals surface area contributed by atoms with Crippen molar-refractivity contribution in [2.45, 2.75) is 24.2 Å². The van der Waals surface area contributed by atoms with Crippen molar-refractivity contribution in [2.24, 2.45) is 0 Å². The molecular formula is C13H15FN4O2S. The number of hydrogen-bond acceptors (Lipinski definition) is 4. The number of nitrogens with one attached hydrogen (secondary N) is 1. The van der Waals surface area contributed by atoms with Gasteiger partial charge in [-0.3, -0.25) is 5.10 Å². The van der Waals surface area contributed by atoms with Gasteiger partial charge < -0.3 is 0 Å². The van der Waals surface area contributed by atoms with Crippen LogP contribution in [-0.4, -0.2) is 41.0 Å². The predicted octanol–water partition coefficient (Wildman–Crippen LogP) is 1.43. The number of aryl methyl sites for hydroxylation is 1. The third-order valence-electron chi connectivity index (χ3n) is 3.62. The molecule has 1 aromatic carbocycles. The fourth-order valence-corrected chi connectivity index (χ4v) is 4.20. The molecule has 0 unspecified atom stereocenters. The third-order valence-corrected chi connectivity index (χ3v) is 5.47. The lowest BCUT2D eigenvalue weighted by Crippen LogP contribution is -2.29. The smallest absolute Gasteiger partial charge is 0.243 e. The lowest BCUT2D eigenvalue weighted by atomic mass is 10.1. The van der Waals surface area contributed by atoms with Crippen LogP contribution >= 0.6 is 0 Å². The van der Waals surface area contributed by atoms with Crippen molar-refractivity contribution >= 4 is 10.0 Å². The van der Waals surface area contributed by atoms with Gasteiger partial charge in [0.05, 0.1) is 4.90 Å². The van der Waals surface area contributed by atoms with Gasteiger partial charge >= 0.3 is 0 Å². The molecule has 2 heterocycles. The van der Waals surface area contributed by atoms with E-state index in [-0.39, 0.29) is 10.8 Å². The van der Waals surface area contributed by atoms with Crippen molar-refractivity contribution in [3.05, 3.63) is 41.7 Å². The summed E-state index contributed by atoms with van der Waals surface area (Å²) >= 11 is 0. The number of rotatable bonds is 3. The molecule has 0 radical (unpaired) electrons. The maximum atomic E-state index is 13.4. The Labute approximate surface area is 122 Å². The second kappa shape index (κ2) is 5.19. The van der Waals surface area contributed by atoms with Gasteiger partial charge in [0, 0.05) is 19.0 Å². The number of sulfonamides is 1. The van der Waals surface area contributed by atoms with Gasteiger partial charge in [0.2, 0.25) is 10.0 Å². The van der Waals surface area contributed by atoms with Crippen LogP contribution < -0.4 is 0 Å². The molecule has 1 aliphatic heterocycles. The van der Waals surface area contributed by atoms with Crippen LogP contribution in [-0.2, 0) is 10.0 Å². The van der Waals surface area contributed by atoms with E-state index in [9.17, 15) is 12.8 Å². The molecule has 6 nitrogen and oxygen atoms in total. The molecule has 1 aromatic heterocycles. The first-order valence-electron chi connectivity index (χ1n) is 6.59. The highest BCUT2D eigenvalue weighted by atomic mass is 32.2. The van der Waals surface area contributed by atoms with Gasteiger partial charge in [0.1, 0.15) is 18.0 Å². The van der Waals surface area contributed by atoms with Crippen LogP contribution in [0.25, 0.3) is 0 Å². The quantitative estimate of drug-likeness (QED) is 0.930. The van der Waals surface area contributed by atoms with Gasteiger partial charge in [-0.15, -0.1) is 0 Å². The van der Waals surface area contributed by atoms with Crippen LogP contribution in [0.1, 0.15) is 23.7 Å². The summed E-state index contributed by atoms with van der Waals surface area (Å²) in [4.78, 5) is 4.07. The lowest BCUT2D eigenvalue weighted by molar-refractivity contribution is 0.470. The van der Waals surface area contributed by atoms with E-state index >= 15 is 0 Å². The number of H-pyrrole nitrogens is 1. The zero-order chi connectivity index (χ0) is 15.0. The first-order chi connectivity index (χ1) is 9.96. The fraction of sp³-hybridized carbons (Fsp3) is 0.385. The Morgan fingerprint density at radius 2 is 2.19 bits per heavy atom. The largest absolute Gasteiger partial charge is 0.263 e. The first-order valence-corrected chi connectivity index (χ1v) is 8.03. The van der Waals surface area contributed by atoms with Crippen molar-refractivity contribution in [3.63, 3.8) is 0 Å². The Bertz CT molecular complexity index is 725. The average Bonchev–Trinajstić information content (AvgIpc) is 3.09. The van der Waals surface area contributed by atoms with Crippen LogP contribution in [0.5, 0.6) is 0 Å². The van der Waals surface area contributed by atoms with E-state index in [2.05, 4.69) is 15.2 Å². The van der Waals surface area contributed by atoms with Crippen molar-refractivity contribution in [3.8, 4) is 0 Å². The van der Waals surface area contributed by atoms with Gasteiger partial charge in [0.15, 0.2) is 0 Å². The second-order valence-corrected chi connectivity index (χ2v) is 7.12. The highest BCUT2D eigenvalue weighted by Crippen LogP contribution is 2.29. The Hall–Kier alpha value is -1.80. The third kappa shape index (κ3) is 2.68. The Morgan fingerprint density at radius 1 is 1.38 bits per heavy atom. The first kappa shape index (κ1) is 14.2. The van der Waals surface area contributed by atoms with E-state index in [1.165, 1.54) is 22.8 Å². The van der Waals surface area contributed by atoms with Crippen LogP contribution in [0, 0.1) is 12.7 Å². The summed E-state index contributed by atoms with van der Waals surface area (Å²) in [6.45, 7) is 2.39. The summed E-state index contributed by atoms with van der Waals surface area (Å²) in [6.07, 6.45) is 2.07. The molecule has 2 aromatic rings. The molecular weight excluding hydrogens is 295 g/mol. The molecule has 1 aliphatic rings. The minimum Gasteiger partial charge on any atom is -0.263 e. The molecule has 3 rings (SSSR count). The molecule has 21 heavy (non-hydrogen) atoms.